The molecule has 0 aromatic carbocycles. The van der Waals surface area contributed by atoms with Crippen molar-refractivity contribution in [1.82, 2.24) is 10.2 Å². The molecular weight excluding hydrogens is 176 g/mol. The van der Waals surface area contributed by atoms with Gasteiger partial charge in [-0.3, -0.25) is 4.79 Å². The Morgan fingerprint density at radius 3 is 2.93 bits per heavy atom. The molecular formula is C11H18N2O. The fourth-order valence-corrected chi connectivity index (χ4v) is 1.92. The number of carbonyl (C=O) groups excluding carboxylic acids is 1. The van der Waals surface area contributed by atoms with E-state index in [1.807, 2.05) is 11.0 Å². The first-order valence-corrected chi connectivity index (χ1v) is 5.47. The van der Waals surface area contributed by atoms with Crippen LogP contribution in [0, 0.1) is 0 Å². The number of amides is 1. The lowest BCUT2D eigenvalue weighted by molar-refractivity contribution is -0.127. The number of allylic oxidation sites excluding steroid dienone is 1. The molecule has 2 rings (SSSR count). The summed E-state index contributed by atoms with van der Waals surface area (Å²) in [6.07, 6.45) is 5.37. The minimum absolute atomic E-state index is 0.216. The van der Waals surface area contributed by atoms with Crippen molar-refractivity contribution in [2.45, 2.75) is 32.2 Å². The zero-order valence-corrected chi connectivity index (χ0v) is 8.75. The highest BCUT2D eigenvalue weighted by Crippen LogP contribution is 2.25. The van der Waals surface area contributed by atoms with Crippen LogP contribution in [0.15, 0.2) is 11.6 Å². The van der Waals surface area contributed by atoms with Gasteiger partial charge in [-0.2, -0.15) is 0 Å². The molecule has 0 unspecified atom stereocenters. The summed E-state index contributed by atoms with van der Waals surface area (Å²) < 4.78 is 0. The first-order valence-electron chi connectivity index (χ1n) is 5.47. The molecule has 1 aliphatic carbocycles. The van der Waals surface area contributed by atoms with E-state index >= 15 is 0 Å². The predicted octanol–water partition coefficient (Wildman–Crippen LogP) is 0.917. The summed E-state index contributed by atoms with van der Waals surface area (Å²) in [6.45, 7) is 4.75. The molecule has 0 aromatic rings. The van der Waals surface area contributed by atoms with Crippen molar-refractivity contribution in [2.24, 2.45) is 0 Å². The van der Waals surface area contributed by atoms with Gasteiger partial charge in [0.2, 0.25) is 5.91 Å². The van der Waals surface area contributed by atoms with Crippen molar-refractivity contribution in [3.8, 4) is 0 Å². The van der Waals surface area contributed by atoms with Gasteiger partial charge in [0, 0.05) is 31.8 Å². The van der Waals surface area contributed by atoms with E-state index in [-0.39, 0.29) is 5.91 Å². The van der Waals surface area contributed by atoms with Crippen LogP contribution >= 0.6 is 0 Å². The Morgan fingerprint density at radius 1 is 1.57 bits per heavy atom. The van der Waals surface area contributed by atoms with Crippen LogP contribution in [0.4, 0.5) is 0 Å². The Labute approximate surface area is 85.2 Å². The lowest BCUT2D eigenvalue weighted by Crippen LogP contribution is -2.51. The van der Waals surface area contributed by atoms with E-state index in [1.165, 1.54) is 12.0 Å². The van der Waals surface area contributed by atoms with Crippen LogP contribution < -0.4 is 5.32 Å². The van der Waals surface area contributed by atoms with Gasteiger partial charge in [0.05, 0.1) is 0 Å². The first kappa shape index (κ1) is 9.71. The summed E-state index contributed by atoms with van der Waals surface area (Å²) in [5.74, 6) is 0.216. The van der Waals surface area contributed by atoms with E-state index in [4.69, 9.17) is 0 Å². The van der Waals surface area contributed by atoms with Gasteiger partial charge in [-0.1, -0.05) is 5.57 Å². The van der Waals surface area contributed by atoms with E-state index < -0.39 is 0 Å². The van der Waals surface area contributed by atoms with Crippen molar-refractivity contribution in [3.05, 3.63) is 11.6 Å². The number of rotatable bonds is 1. The standard InChI is InChI=1S/C11H18N2O/c1-9-8-13(6-5-12-9)11(14)7-10-3-2-4-10/h7,9,12H,2-6,8H2,1H3/t9-/m1/s1. The number of piperazine rings is 1. The zero-order chi connectivity index (χ0) is 9.97. The van der Waals surface area contributed by atoms with Crippen LogP contribution in [0.25, 0.3) is 0 Å². The number of hydrogen-bond donors (Lipinski definition) is 1. The second-order valence-electron chi connectivity index (χ2n) is 4.30. The lowest BCUT2D eigenvalue weighted by atomic mass is 9.92. The summed E-state index contributed by atoms with van der Waals surface area (Å²) >= 11 is 0. The molecule has 1 aliphatic heterocycles. The maximum Gasteiger partial charge on any atom is 0.246 e. The van der Waals surface area contributed by atoms with E-state index in [9.17, 15) is 4.79 Å². The van der Waals surface area contributed by atoms with Gasteiger partial charge < -0.3 is 10.2 Å². The van der Waals surface area contributed by atoms with Gasteiger partial charge in [0.25, 0.3) is 0 Å². The second kappa shape index (κ2) is 4.13. The molecule has 3 nitrogen and oxygen atoms in total. The molecule has 2 fully saturated rings. The van der Waals surface area contributed by atoms with Gasteiger partial charge in [-0.25, -0.2) is 0 Å². The van der Waals surface area contributed by atoms with Crippen LogP contribution in [-0.2, 0) is 4.79 Å². The van der Waals surface area contributed by atoms with Crippen LogP contribution in [0.2, 0.25) is 0 Å². The third kappa shape index (κ3) is 2.15. The van der Waals surface area contributed by atoms with Crippen molar-refractivity contribution < 1.29 is 4.79 Å². The van der Waals surface area contributed by atoms with Crippen molar-refractivity contribution in [1.29, 1.82) is 0 Å². The Morgan fingerprint density at radius 2 is 2.36 bits per heavy atom. The van der Waals surface area contributed by atoms with Crippen LogP contribution in [0.1, 0.15) is 26.2 Å². The maximum absolute atomic E-state index is 11.8. The molecule has 1 heterocycles. The summed E-state index contributed by atoms with van der Waals surface area (Å²) in [6, 6.07) is 0.437. The van der Waals surface area contributed by atoms with Crippen molar-refractivity contribution >= 4 is 5.91 Å². The molecule has 1 N–H and O–H groups in total. The molecule has 14 heavy (non-hydrogen) atoms. The highest BCUT2D eigenvalue weighted by Gasteiger charge is 2.20. The summed E-state index contributed by atoms with van der Waals surface area (Å²) in [4.78, 5) is 13.7. The largest absolute Gasteiger partial charge is 0.336 e. The summed E-state index contributed by atoms with van der Waals surface area (Å²) in [7, 11) is 0. The highest BCUT2D eigenvalue weighted by atomic mass is 16.2. The Hall–Kier alpha value is -0.830. The molecule has 1 amide bonds. The average molecular weight is 194 g/mol. The number of nitrogens with zero attached hydrogens (tertiary/aromatic N) is 1. The van der Waals surface area contributed by atoms with E-state index in [1.54, 1.807) is 0 Å². The predicted molar refractivity (Wildman–Crippen MR) is 56.0 cm³/mol. The molecule has 0 bridgehead atoms. The number of hydrogen-bond acceptors (Lipinski definition) is 2. The molecule has 1 saturated heterocycles. The van der Waals surface area contributed by atoms with Crippen LogP contribution in [0.3, 0.4) is 0 Å². The van der Waals surface area contributed by atoms with Crippen LogP contribution in [0.5, 0.6) is 0 Å². The Balaban J connectivity index is 1.90. The maximum atomic E-state index is 11.8. The second-order valence-corrected chi connectivity index (χ2v) is 4.30. The quantitative estimate of drug-likeness (QED) is 0.629. The van der Waals surface area contributed by atoms with E-state index in [2.05, 4.69) is 12.2 Å². The van der Waals surface area contributed by atoms with Crippen molar-refractivity contribution in [2.75, 3.05) is 19.6 Å². The fourth-order valence-electron chi connectivity index (χ4n) is 1.92. The molecule has 0 radical (unpaired) electrons. The lowest BCUT2D eigenvalue weighted by Gasteiger charge is -2.31. The average Bonchev–Trinajstić information content (AvgIpc) is 2.11. The summed E-state index contributed by atoms with van der Waals surface area (Å²) in [5.41, 5.74) is 1.33. The molecule has 1 atom stereocenters. The molecule has 0 spiro atoms. The highest BCUT2D eigenvalue weighted by molar-refractivity contribution is 5.88. The minimum Gasteiger partial charge on any atom is -0.336 e. The normalized spacial score (nSPS) is 27.1. The Bertz CT molecular complexity index is 254. The molecule has 2 aliphatic rings. The molecule has 78 valence electrons. The SMILES string of the molecule is C[C@@H]1CN(C(=O)C=C2CCC2)CCN1. The van der Waals surface area contributed by atoms with Gasteiger partial charge in [0.1, 0.15) is 0 Å². The molecule has 0 aromatic heterocycles. The summed E-state index contributed by atoms with van der Waals surface area (Å²) in [5, 5.41) is 3.33. The topological polar surface area (TPSA) is 32.3 Å². The molecule has 3 heteroatoms. The van der Waals surface area contributed by atoms with Gasteiger partial charge >= 0.3 is 0 Å². The smallest absolute Gasteiger partial charge is 0.246 e. The van der Waals surface area contributed by atoms with E-state index in [0.29, 0.717) is 6.04 Å². The third-order valence-corrected chi connectivity index (χ3v) is 3.00. The number of carbonyl (C=O) groups is 1. The Kier molecular flexibility index (Phi) is 2.87. The number of nitrogens with one attached hydrogen (secondary N) is 1. The van der Waals surface area contributed by atoms with Gasteiger partial charge in [0.15, 0.2) is 0 Å². The molecule has 1 saturated carbocycles. The first-order chi connectivity index (χ1) is 6.75. The van der Waals surface area contributed by atoms with Crippen LogP contribution in [-0.4, -0.2) is 36.5 Å². The fraction of sp³-hybridized carbons (Fsp3) is 0.727. The van der Waals surface area contributed by atoms with E-state index in [0.717, 1.165) is 32.5 Å². The van der Waals surface area contributed by atoms with Gasteiger partial charge in [-0.05, 0) is 26.2 Å². The van der Waals surface area contributed by atoms with Gasteiger partial charge in [-0.15, -0.1) is 0 Å². The van der Waals surface area contributed by atoms with Crippen molar-refractivity contribution in [3.63, 3.8) is 0 Å². The monoisotopic (exact) mass is 194 g/mol. The third-order valence-electron chi connectivity index (χ3n) is 3.00. The minimum atomic E-state index is 0.216. The zero-order valence-electron chi connectivity index (χ0n) is 8.75.